The number of hydroxylamine groups is 2. The molecule has 292 valence electrons. The maximum Gasteiger partial charge on any atom is 0.333 e. The Kier molecular flexibility index (Phi) is 11.7. The highest BCUT2D eigenvalue weighted by Crippen LogP contribution is 2.48. The lowest BCUT2D eigenvalue weighted by molar-refractivity contribution is -0.197. The van der Waals surface area contributed by atoms with E-state index in [0.717, 1.165) is 28.1 Å². The maximum absolute atomic E-state index is 14.1. The Morgan fingerprint density at radius 3 is 2.31 bits per heavy atom. The zero-order valence-corrected chi connectivity index (χ0v) is 32.8. The lowest BCUT2D eigenvalue weighted by atomic mass is 9.73. The van der Waals surface area contributed by atoms with Crippen LogP contribution >= 0.6 is 0 Å². The molecule has 0 bridgehead atoms. The van der Waals surface area contributed by atoms with Crippen LogP contribution in [0.1, 0.15) is 76.5 Å². The number of ketones is 1. The van der Waals surface area contributed by atoms with E-state index in [1.807, 2.05) is 95.1 Å². The molecular formula is C41H48N4O9S. The van der Waals surface area contributed by atoms with E-state index in [2.05, 4.69) is 17.2 Å². The summed E-state index contributed by atoms with van der Waals surface area (Å²) in [6.07, 6.45) is 3.70. The van der Waals surface area contributed by atoms with Gasteiger partial charge in [-0.3, -0.25) is 23.7 Å². The molecule has 3 amide bonds. The lowest BCUT2D eigenvalue weighted by Crippen LogP contribution is -2.50. The lowest BCUT2D eigenvalue weighted by Gasteiger charge is -2.33. The molecule has 2 heterocycles. The number of carbonyl (C=O) groups excluding carboxylic acids is 5. The number of likely N-dealkylation sites (N-methyl/N-ethyl adjacent to an activating group) is 1. The molecule has 2 aliphatic heterocycles. The number of anilines is 1. The molecule has 13 nitrogen and oxygen atoms in total. The van der Waals surface area contributed by atoms with Crippen molar-refractivity contribution < 1.29 is 41.8 Å². The Hall–Kier alpha value is -5.34. The molecule has 3 N–H and O–H groups in total. The number of unbranched alkanes of at least 4 members (excludes halogenated alkanes) is 1. The highest BCUT2D eigenvalue weighted by Gasteiger charge is 2.42. The molecule has 1 atom stereocenters. The van der Waals surface area contributed by atoms with Crippen LogP contribution < -0.4 is 15.5 Å². The summed E-state index contributed by atoms with van der Waals surface area (Å²) >= 11 is 0. The van der Waals surface area contributed by atoms with Gasteiger partial charge in [-0.15, -0.1) is 5.06 Å². The third-order valence-corrected chi connectivity index (χ3v) is 11.3. The van der Waals surface area contributed by atoms with E-state index in [1.165, 1.54) is 0 Å². The van der Waals surface area contributed by atoms with Gasteiger partial charge in [-0.2, -0.15) is 8.42 Å². The number of amides is 3. The van der Waals surface area contributed by atoms with Gasteiger partial charge in [0.1, 0.15) is 11.8 Å². The number of carbonyl (C=O) groups is 5. The van der Waals surface area contributed by atoms with Crippen LogP contribution in [0.5, 0.6) is 0 Å². The minimum atomic E-state index is -4.70. The quantitative estimate of drug-likeness (QED) is 0.0994. The van der Waals surface area contributed by atoms with Gasteiger partial charge in [0.2, 0.25) is 5.91 Å². The van der Waals surface area contributed by atoms with Gasteiger partial charge in [0.15, 0.2) is 5.78 Å². The van der Waals surface area contributed by atoms with Gasteiger partial charge in [0.25, 0.3) is 21.9 Å². The standard InChI is InChI=1S/C41H48N4O9S/c1-25-14-8-9-15-29(25)40(3,4)26(2)22-27-37(28(38(27)49)23-33-41(5,6)30-16-10-11-17-32(30)44(33)7)43-31(24-55(51,52)53)39(50)42-21-13-12-18-36(48)54-45-34(46)19-20-35(45)47/h8-11,14-17,22-23,31,43H,2,12-13,18-21,24H2,1,3-7H3,(H,42,50)(H,51,52,53)/b27-22-,33-23+. The first-order chi connectivity index (χ1) is 25.7. The van der Waals surface area contributed by atoms with Gasteiger partial charge >= 0.3 is 5.97 Å². The second kappa shape index (κ2) is 15.8. The van der Waals surface area contributed by atoms with Crippen molar-refractivity contribution in [3.63, 3.8) is 0 Å². The monoisotopic (exact) mass is 772 g/mol. The van der Waals surface area contributed by atoms with Crippen LogP contribution in [0.15, 0.2) is 95.4 Å². The van der Waals surface area contributed by atoms with Crippen molar-refractivity contribution >= 4 is 45.3 Å². The largest absolute Gasteiger partial charge is 0.372 e. The van der Waals surface area contributed by atoms with Crippen molar-refractivity contribution in [2.45, 2.75) is 83.6 Å². The number of fused-ring (bicyclic) bond motifs is 1. The molecule has 14 heteroatoms. The van der Waals surface area contributed by atoms with Crippen LogP contribution in [-0.2, 0) is 49.8 Å². The fourth-order valence-corrected chi connectivity index (χ4v) is 7.84. The van der Waals surface area contributed by atoms with Crippen molar-refractivity contribution in [3.05, 3.63) is 112 Å². The summed E-state index contributed by atoms with van der Waals surface area (Å²) in [6.45, 7) is 14.4. The Bertz CT molecular complexity index is 2150. The van der Waals surface area contributed by atoms with E-state index in [9.17, 15) is 36.9 Å². The molecule has 5 rings (SSSR count). The number of nitrogens with one attached hydrogen (secondary N) is 2. The van der Waals surface area contributed by atoms with Gasteiger partial charge in [-0.25, -0.2) is 4.79 Å². The summed E-state index contributed by atoms with van der Waals surface area (Å²) in [5.74, 6) is -4.05. The first kappa shape index (κ1) is 40.8. The molecule has 2 aromatic rings. The Morgan fingerprint density at radius 2 is 1.67 bits per heavy atom. The third-order valence-electron chi connectivity index (χ3n) is 10.5. The number of aryl methyl sites for hydroxylation is 1. The molecular weight excluding hydrogens is 725 g/mol. The first-order valence-electron chi connectivity index (χ1n) is 18.1. The predicted molar refractivity (Wildman–Crippen MR) is 207 cm³/mol. The average molecular weight is 773 g/mol. The van der Waals surface area contributed by atoms with Crippen LogP contribution in [0.2, 0.25) is 0 Å². The number of allylic oxidation sites excluding steroid dienone is 6. The van der Waals surface area contributed by atoms with Gasteiger partial charge in [-0.05, 0) is 60.2 Å². The summed E-state index contributed by atoms with van der Waals surface area (Å²) < 4.78 is 34.4. The van der Waals surface area contributed by atoms with E-state index >= 15 is 0 Å². The minimum absolute atomic E-state index is 0.0214. The van der Waals surface area contributed by atoms with E-state index in [1.54, 1.807) is 12.2 Å². The van der Waals surface area contributed by atoms with E-state index in [-0.39, 0.29) is 61.3 Å². The topological polar surface area (TPSA) is 179 Å². The van der Waals surface area contributed by atoms with Crippen LogP contribution in [0.25, 0.3) is 0 Å². The molecule has 1 unspecified atom stereocenters. The maximum atomic E-state index is 14.1. The summed E-state index contributed by atoms with van der Waals surface area (Å²) in [7, 11) is -2.80. The van der Waals surface area contributed by atoms with Crippen molar-refractivity contribution in [1.82, 2.24) is 15.7 Å². The third kappa shape index (κ3) is 8.65. The number of imide groups is 1. The molecule has 1 saturated heterocycles. The molecule has 2 aromatic carbocycles. The number of rotatable bonds is 15. The Balaban J connectivity index is 1.41. The van der Waals surface area contributed by atoms with E-state index < -0.39 is 56.4 Å². The van der Waals surface area contributed by atoms with Crippen LogP contribution in [0, 0.1) is 6.92 Å². The molecule has 0 radical (unpaired) electrons. The SMILES string of the molecule is C=C(/C=C1\C(=O)C(/C=C2/N(C)c3ccccc3C2(C)C)=C1NC(CS(=O)(=O)O)C(=O)NCCCCC(=O)ON1C(=O)CCC1=O)C(C)(C)c1ccccc1C. The molecule has 0 spiro atoms. The van der Waals surface area contributed by atoms with E-state index in [4.69, 9.17) is 4.84 Å². The normalized spacial score (nSPS) is 18.8. The highest BCUT2D eigenvalue weighted by molar-refractivity contribution is 7.85. The first-order valence-corrected chi connectivity index (χ1v) is 19.7. The van der Waals surface area contributed by atoms with Crippen LogP contribution in [-0.4, -0.2) is 72.9 Å². The minimum Gasteiger partial charge on any atom is -0.372 e. The number of benzene rings is 2. The number of hydrogen-bond donors (Lipinski definition) is 3. The summed E-state index contributed by atoms with van der Waals surface area (Å²) in [5, 5.41) is 6.09. The van der Waals surface area contributed by atoms with Gasteiger partial charge in [0.05, 0.1) is 5.70 Å². The average Bonchev–Trinajstić information content (AvgIpc) is 3.53. The van der Waals surface area contributed by atoms with Crippen molar-refractivity contribution in [3.8, 4) is 0 Å². The summed E-state index contributed by atoms with van der Waals surface area (Å²) in [5.41, 5.74) is 5.05. The number of hydrogen-bond acceptors (Lipinski definition) is 10. The predicted octanol–water partition coefficient (Wildman–Crippen LogP) is 4.64. The molecule has 55 heavy (non-hydrogen) atoms. The van der Waals surface area contributed by atoms with Crippen LogP contribution in [0.3, 0.4) is 0 Å². The second-order valence-electron chi connectivity index (χ2n) is 15.1. The van der Waals surface area contributed by atoms with Crippen LogP contribution in [0.4, 0.5) is 5.69 Å². The Morgan fingerprint density at radius 1 is 1.04 bits per heavy atom. The summed E-state index contributed by atoms with van der Waals surface area (Å²) in [6, 6.07) is 14.2. The number of Topliss-reactive ketones (excluding diaryl/α,β-unsaturated/α-hetero) is 1. The Labute approximate surface area is 321 Å². The zero-order valence-electron chi connectivity index (χ0n) is 32.0. The second-order valence-corrected chi connectivity index (χ2v) is 16.6. The molecule has 0 saturated carbocycles. The molecule has 1 fully saturated rings. The molecule has 0 aromatic heterocycles. The number of para-hydroxylation sites is 1. The number of nitrogens with zero attached hydrogens (tertiary/aromatic N) is 2. The summed E-state index contributed by atoms with van der Waals surface area (Å²) in [4.78, 5) is 70.1. The van der Waals surface area contributed by atoms with E-state index in [0.29, 0.717) is 10.6 Å². The fraction of sp³-hybridized carbons (Fsp3) is 0.390. The zero-order chi connectivity index (χ0) is 40.5. The van der Waals surface area contributed by atoms with Crippen molar-refractivity contribution in [1.29, 1.82) is 0 Å². The van der Waals surface area contributed by atoms with Gasteiger partial charge in [0, 0.05) is 66.2 Å². The van der Waals surface area contributed by atoms with Crippen molar-refractivity contribution in [2.24, 2.45) is 0 Å². The fourth-order valence-electron chi connectivity index (χ4n) is 7.19. The van der Waals surface area contributed by atoms with Gasteiger partial charge < -0.3 is 20.4 Å². The van der Waals surface area contributed by atoms with Gasteiger partial charge in [-0.1, -0.05) is 76.7 Å². The molecule has 3 aliphatic rings. The molecule has 1 aliphatic carbocycles. The smallest absolute Gasteiger partial charge is 0.333 e. The van der Waals surface area contributed by atoms with Crippen molar-refractivity contribution in [2.75, 3.05) is 24.2 Å². The highest BCUT2D eigenvalue weighted by atomic mass is 32.2.